The van der Waals surface area contributed by atoms with Crippen LogP contribution in [0.25, 0.3) is 0 Å². The molecule has 1 saturated carbocycles. The zero-order valence-corrected chi connectivity index (χ0v) is 10.7. The highest BCUT2D eigenvalue weighted by molar-refractivity contribution is 5.22. The summed E-state index contributed by atoms with van der Waals surface area (Å²) in [6.45, 7) is 6.79. The molecule has 1 aromatic rings. The normalized spacial score (nSPS) is 25.4. The number of hydrogen-bond acceptors (Lipinski definition) is 1. The molecule has 0 spiro atoms. The monoisotopic (exact) mass is 217 g/mol. The predicted octanol–water partition coefficient (Wildman–Crippen LogP) is 3.31. The van der Waals surface area contributed by atoms with Crippen LogP contribution in [-0.4, -0.2) is 12.1 Å². The van der Waals surface area contributed by atoms with E-state index in [4.69, 9.17) is 0 Å². The third-order valence-electron chi connectivity index (χ3n) is 3.56. The molecule has 2 rings (SSSR count). The smallest absolute Gasteiger partial charge is 0.00988 e. The Morgan fingerprint density at radius 2 is 2.19 bits per heavy atom. The van der Waals surface area contributed by atoms with Crippen molar-refractivity contribution in [3.05, 3.63) is 35.4 Å². The van der Waals surface area contributed by atoms with E-state index in [9.17, 15) is 0 Å². The summed E-state index contributed by atoms with van der Waals surface area (Å²) in [4.78, 5) is 0. The fraction of sp³-hybridized carbons (Fsp3) is 0.600. The molecule has 16 heavy (non-hydrogen) atoms. The van der Waals surface area contributed by atoms with Gasteiger partial charge in [0.1, 0.15) is 0 Å². The summed E-state index contributed by atoms with van der Waals surface area (Å²) in [5.41, 5.74) is 2.84. The summed E-state index contributed by atoms with van der Waals surface area (Å²) in [5.74, 6) is 0.904. The molecule has 0 heterocycles. The molecule has 88 valence electrons. The van der Waals surface area contributed by atoms with E-state index in [0.29, 0.717) is 6.04 Å². The first-order chi connectivity index (χ1) is 7.65. The van der Waals surface area contributed by atoms with E-state index in [1.54, 1.807) is 0 Å². The zero-order chi connectivity index (χ0) is 11.5. The minimum absolute atomic E-state index is 0.649. The molecule has 0 saturated heterocycles. The lowest BCUT2D eigenvalue weighted by atomic mass is 10.0. The molecule has 1 aliphatic carbocycles. The first-order valence-corrected chi connectivity index (χ1v) is 6.47. The highest BCUT2D eigenvalue weighted by Crippen LogP contribution is 2.29. The van der Waals surface area contributed by atoms with Gasteiger partial charge in [0.25, 0.3) is 0 Å². The Morgan fingerprint density at radius 3 is 2.81 bits per heavy atom. The molecule has 0 amide bonds. The van der Waals surface area contributed by atoms with Crippen molar-refractivity contribution in [3.63, 3.8) is 0 Å². The average molecular weight is 217 g/mol. The van der Waals surface area contributed by atoms with Gasteiger partial charge in [-0.3, -0.25) is 0 Å². The van der Waals surface area contributed by atoms with E-state index in [1.165, 1.54) is 30.4 Å². The van der Waals surface area contributed by atoms with Crippen LogP contribution in [0.5, 0.6) is 0 Å². The minimum Gasteiger partial charge on any atom is -0.311 e. The van der Waals surface area contributed by atoms with Gasteiger partial charge >= 0.3 is 0 Å². The van der Waals surface area contributed by atoms with Crippen LogP contribution in [0, 0.1) is 12.8 Å². The van der Waals surface area contributed by atoms with Gasteiger partial charge in [0, 0.05) is 12.1 Å². The topological polar surface area (TPSA) is 12.0 Å². The molecule has 1 nitrogen and oxygen atoms in total. The van der Waals surface area contributed by atoms with Gasteiger partial charge in [-0.05, 0) is 44.6 Å². The summed E-state index contributed by atoms with van der Waals surface area (Å²) in [7, 11) is 0. The Kier molecular flexibility index (Phi) is 3.65. The van der Waals surface area contributed by atoms with Crippen LogP contribution in [0.15, 0.2) is 24.3 Å². The van der Waals surface area contributed by atoms with Crippen molar-refractivity contribution in [2.75, 3.05) is 0 Å². The Bertz CT molecular complexity index is 345. The summed E-state index contributed by atoms with van der Waals surface area (Å²) in [6.07, 6.45) is 3.80. The second kappa shape index (κ2) is 5.01. The largest absolute Gasteiger partial charge is 0.311 e. The summed E-state index contributed by atoms with van der Waals surface area (Å²) in [5, 5.41) is 3.69. The average Bonchev–Trinajstić information content (AvgIpc) is 2.91. The van der Waals surface area contributed by atoms with Crippen molar-refractivity contribution in [1.29, 1.82) is 0 Å². The van der Waals surface area contributed by atoms with Crippen LogP contribution in [-0.2, 0) is 6.42 Å². The van der Waals surface area contributed by atoms with Gasteiger partial charge in [-0.1, -0.05) is 36.8 Å². The second-order valence-electron chi connectivity index (χ2n) is 5.41. The highest BCUT2D eigenvalue weighted by Gasteiger charge is 2.32. The molecule has 1 fully saturated rings. The van der Waals surface area contributed by atoms with Crippen LogP contribution in [0.3, 0.4) is 0 Å². The second-order valence-corrected chi connectivity index (χ2v) is 5.41. The van der Waals surface area contributed by atoms with Crippen LogP contribution in [0.2, 0.25) is 0 Å². The quantitative estimate of drug-likeness (QED) is 0.798. The maximum atomic E-state index is 3.69. The third-order valence-corrected chi connectivity index (χ3v) is 3.56. The molecule has 3 atom stereocenters. The van der Waals surface area contributed by atoms with E-state index in [1.807, 2.05) is 0 Å². The summed E-state index contributed by atoms with van der Waals surface area (Å²) < 4.78 is 0. The summed E-state index contributed by atoms with van der Waals surface area (Å²) >= 11 is 0. The molecule has 0 aliphatic heterocycles. The van der Waals surface area contributed by atoms with Crippen LogP contribution in [0.4, 0.5) is 0 Å². The van der Waals surface area contributed by atoms with Gasteiger partial charge in [-0.15, -0.1) is 0 Å². The Morgan fingerprint density at radius 1 is 1.44 bits per heavy atom. The van der Waals surface area contributed by atoms with E-state index in [0.717, 1.165) is 12.0 Å². The van der Waals surface area contributed by atoms with Gasteiger partial charge in [0.05, 0.1) is 0 Å². The molecular formula is C15H23N. The number of nitrogens with one attached hydrogen (secondary N) is 1. The molecule has 1 aromatic carbocycles. The molecule has 1 N–H and O–H groups in total. The Hall–Kier alpha value is -0.820. The van der Waals surface area contributed by atoms with Gasteiger partial charge in [-0.25, -0.2) is 0 Å². The standard InChI is InChI=1S/C15H23N/c1-11-5-4-6-14(9-11)8-7-13(3)16-15-10-12(15)2/h4-6,9,12-13,15-16H,7-8,10H2,1-3H3. The van der Waals surface area contributed by atoms with E-state index in [-0.39, 0.29) is 0 Å². The number of rotatable bonds is 5. The van der Waals surface area contributed by atoms with Gasteiger partial charge in [0.15, 0.2) is 0 Å². The first kappa shape index (κ1) is 11.7. The van der Waals surface area contributed by atoms with Crippen molar-refractivity contribution in [2.45, 2.75) is 52.1 Å². The first-order valence-electron chi connectivity index (χ1n) is 6.47. The third kappa shape index (κ3) is 3.34. The lowest BCUT2D eigenvalue weighted by Gasteiger charge is -2.13. The summed E-state index contributed by atoms with van der Waals surface area (Å²) in [6, 6.07) is 10.3. The van der Waals surface area contributed by atoms with Crippen LogP contribution in [0.1, 0.15) is 37.8 Å². The van der Waals surface area contributed by atoms with Gasteiger partial charge in [-0.2, -0.15) is 0 Å². The molecule has 1 aliphatic rings. The van der Waals surface area contributed by atoms with Crippen molar-refractivity contribution in [3.8, 4) is 0 Å². The minimum atomic E-state index is 0.649. The fourth-order valence-electron chi connectivity index (χ4n) is 2.25. The fourth-order valence-corrected chi connectivity index (χ4v) is 2.25. The molecule has 3 unspecified atom stereocenters. The Labute approximate surface area is 99.3 Å². The molecule has 0 bridgehead atoms. The van der Waals surface area contributed by atoms with E-state index in [2.05, 4.69) is 50.4 Å². The maximum Gasteiger partial charge on any atom is 0.00988 e. The molecule has 0 aromatic heterocycles. The Balaban J connectivity index is 1.74. The lowest BCUT2D eigenvalue weighted by molar-refractivity contribution is 0.499. The zero-order valence-electron chi connectivity index (χ0n) is 10.7. The van der Waals surface area contributed by atoms with Crippen LogP contribution < -0.4 is 5.32 Å². The van der Waals surface area contributed by atoms with Gasteiger partial charge in [0.2, 0.25) is 0 Å². The van der Waals surface area contributed by atoms with E-state index >= 15 is 0 Å². The van der Waals surface area contributed by atoms with Crippen molar-refractivity contribution in [1.82, 2.24) is 5.32 Å². The van der Waals surface area contributed by atoms with Crippen LogP contribution >= 0.6 is 0 Å². The van der Waals surface area contributed by atoms with Gasteiger partial charge < -0.3 is 5.32 Å². The highest BCUT2D eigenvalue weighted by atomic mass is 15.0. The molecular weight excluding hydrogens is 194 g/mol. The SMILES string of the molecule is Cc1cccc(CCC(C)NC2CC2C)c1. The maximum absolute atomic E-state index is 3.69. The molecule has 0 radical (unpaired) electrons. The predicted molar refractivity (Wildman–Crippen MR) is 69.7 cm³/mol. The van der Waals surface area contributed by atoms with Crippen molar-refractivity contribution in [2.24, 2.45) is 5.92 Å². The van der Waals surface area contributed by atoms with Crippen molar-refractivity contribution >= 4 is 0 Å². The number of aryl methyl sites for hydroxylation is 2. The van der Waals surface area contributed by atoms with Crippen molar-refractivity contribution < 1.29 is 0 Å². The van der Waals surface area contributed by atoms with E-state index < -0.39 is 0 Å². The number of hydrogen-bond donors (Lipinski definition) is 1. The lowest BCUT2D eigenvalue weighted by Crippen LogP contribution is -2.29. The number of benzene rings is 1. The molecule has 1 heteroatoms.